The van der Waals surface area contributed by atoms with E-state index in [2.05, 4.69) is 46.7 Å². The lowest BCUT2D eigenvalue weighted by Gasteiger charge is -2.20. The Morgan fingerprint density at radius 2 is 1.56 bits per heavy atom. The summed E-state index contributed by atoms with van der Waals surface area (Å²) in [5, 5.41) is 14.7. The standard InChI is InChI=1S/C33H37N3O5/c1-22-18-36(19-23-9-3-2-4-10-23)20-24(22)15-16-34-32(39)30(17-31(37)38)35-33(40)41-21-29-27-13-7-5-11-25(27)26-12-6-8-14-28(26)29/h2-14,22,24,29-30H,15-21H2,1H3,(H,34,39)(H,35,40)(H,37,38). The number of nitrogens with one attached hydrogen (secondary N) is 2. The van der Waals surface area contributed by atoms with Crippen molar-refractivity contribution in [2.45, 2.75) is 38.3 Å². The number of benzene rings is 3. The summed E-state index contributed by atoms with van der Waals surface area (Å²) in [6, 6.07) is 25.2. The number of carbonyl (C=O) groups excluding carboxylic acids is 2. The summed E-state index contributed by atoms with van der Waals surface area (Å²) < 4.78 is 5.53. The van der Waals surface area contributed by atoms with Gasteiger partial charge in [-0.3, -0.25) is 14.5 Å². The number of aliphatic carboxylic acids is 1. The number of carboxylic acids is 1. The second-order valence-electron chi connectivity index (χ2n) is 11.1. The molecule has 214 valence electrons. The third kappa shape index (κ3) is 6.95. The van der Waals surface area contributed by atoms with Crippen molar-refractivity contribution in [3.05, 3.63) is 95.6 Å². The first-order valence-corrected chi connectivity index (χ1v) is 14.3. The Labute approximate surface area is 240 Å². The van der Waals surface area contributed by atoms with E-state index in [9.17, 15) is 19.5 Å². The van der Waals surface area contributed by atoms with Gasteiger partial charge in [-0.1, -0.05) is 85.8 Å². The maximum Gasteiger partial charge on any atom is 0.407 e. The molecule has 0 spiro atoms. The predicted molar refractivity (Wildman–Crippen MR) is 156 cm³/mol. The van der Waals surface area contributed by atoms with E-state index in [0.717, 1.165) is 48.3 Å². The Morgan fingerprint density at radius 3 is 2.22 bits per heavy atom. The number of carbonyl (C=O) groups is 3. The second kappa shape index (κ2) is 13.0. The number of nitrogens with zero attached hydrogens (tertiary/aromatic N) is 1. The Balaban J connectivity index is 1.11. The Kier molecular flexibility index (Phi) is 8.99. The highest BCUT2D eigenvalue weighted by Gasteiger charge is 2.31. The predicted octanol–water partition coefficient (Wildman–Crippen LogP) is 4.64. The van der Waals surface area contributed by atoms with Crippen LogP contribution in [0.15, 0.2) is 78.9 Å². The molecule has 2 amide bonds. The van der Waals surface area contributed by atoms with Crippen LogP contribution in [0.1, 0.15) is 42.4 Å². The maximum absolute atomic E-state index is 12.9. The molecule has 0 bridgehead atoms. The first kappa shape index (κ1) is 28.4. The van der Waals surface area contributed by atoms with Crippen LogP contribution in [-0.2, 0) is 20.9 Å². The molecule has 1 fully saturated rings. The van der Waals surface area contributed by atoms with E-state index < -0.39 is 30.4 Å². The minimum atomic E-state index is -1.22. The van der Waals surface area contributed by atoms with Crippen LogP contribution < -0.4 is 10.6 Å². The molecular weight excluding hydrogens is 518 g/mol. The van der Waals surface area contributed by atoms with E-state index >= 15 is 0 Å². The number of alkyl carbamates (subject to hydrolysis) is 1. The SMILES string of the molecule is CC1CN(Cc2ccccc2)CC1CCNC(=O)C(CC(=O)O)NC(=O)OCC1c2ccccc2-c2ccccc21. The van der Waals surface area contributed by atoms with Gasteiger partial charge in [0.25, 0.3) is 0 Å². The second-order valence-corrected chi connectivity index (χ2v) is 11.1. The molecule has 5 rings (SSSR count). The van der Waals surface area contributed by atoms with Gasteiger partial charge in [0.05, 0.1) is 6.42 Å². The number of hydrogen-bond acceptors (Lipinski definition) is 5. The van der Waals surface area contributed by atoms with Crippen LogP contribution in [0, 0.1) is 11.8 Å². The molecule has 1 aliphatic heterocycles. The topological polar surface area (TPSA) is 108 Å². The van der Waals surface area contributed by atoms with Crippen LogP contribution in [-0.4, -0.2) is 60.3 Å². The van der Waals surface area contributed by atoms with Gasteiger partial charge in [-0.15, -0.1) is 0 Å². The lowest BCUT2D eigenvalue weighted by Crippen LogP contribution is -2.48. The zero-order valence-electron chi connectivity index (χ0n) is 23.3. The Hall–Kier alpha value is -4.17. The number of carboxylic acid groups (broad SMARTS) is 1. The molecule has 3 atom stereocenters. The summed E-state index contributed by atoms with van der Waals surface area (Å²) >= 11 is 0. The molecule has 41 heavy (non-hydrogen) atoms. The van der Waals surface area contributed by atoms with Crippen molar-refractivity contribution in [1.82, 2.24) is 15.5 Å². The van der Waals surface area contributed by atoms with Crippen LogP contribution in [0.25, 0.3) is 11.1 Å². The summed E-state index contributed by atoms with van der Waals surface area (Å²) in [6.45, 7) is 5.57. The number of likely N-dealkylation sites (tertiary alicyclic amines) is 1. The van der Waals surface area contributed by atoms with E-state index in [1.54, 1.807) is 0 Å². The van der Waals surface area contributed by atoms with Gasteiger partial charge < -0.3 is 20.5 Å². The van der Waals surface area contributed by atoms with E-state index in [4.69, 9.17) is 4.74 Å². The fraction of sp³-hybridized carbons (Fsp3) is 0.364. The summed E-state index contributed by atoms with van der Waals surface area (Å²) in [4.78, 5) is 39.5. The van der Waals surface area contributed by atoms with Gasteiger partial charge in [-0.05, 0) is 46.1 Å². The fourth-order valence-corrected chi connectivity index (χ4v) is 6.16. The molecule has 1 heterocycles. The van der Waals surface area contributed by atoms with Gasteiger partial charge in [-0.25, -0.2) is 4.79 Å². The molecule has 2 aliphatic rings. The van der Waals surface area contributed by atoms with Crippen LogP contribution in [0.2, 0.25) is 0 Å². The van der Waals surface area contributed by atoms with E-state index in [1.165, 1.54) is 5.56 Å². The van der Waals surface area contributed by atoms with Crippen LogP contribution >= 0.6 is 0 Å². The molecule has 3 aromatic carbocycles. The van der Waals surface area contributed by atoms with E-state index in [0.29, 0.717) is 18.4 Å². The molecule has 3 unspecified atom stereocenters. The lowest BCUT2D eigenvalue weighted by molar-refractivity contribution is -0.139. The number of fused-ring (bicyclic) bond motifs is 3. The quantitative estimate of drug-likeness (QED) is 0.318. The third-order valence-electron chi connectivity index (χ3n) is 8.24. The van der Waals surface area contributed by atoms with Crippen LogP contribution in [0.5, 0.6) is 0 Å². The Bertz CT molecular complexity index is 1330. The lowest BCUT2D eigenvalue weighted by atomic mass is 9.95. The summed E-state index contributed by atoms with van der Waals surface area (Å²) in [5.74, 6) is -0.913. The van der Waals surface area contributed by atoms with Crippen molar-refractivity contribution in [2.75, 3.05) is 26.2 Å². The molecule has 8 nitrogen and oxygen atoms in total. The van der Waals surface area contributed by atoms with Gasteiger partial charge in [0, 0.05) is 32.1 Å². The van der Waals surface area contributed by atoms with Crippen molar-refractivity contribution in [3.63, 3.8) is 0 Å². The monoisotopic (exact) mass is 555 g/mol. The largest absolute Gasteiger partial charge is 0.481 e. The van der Waals surface area contributed by atoms with E-state index in [-0.39, 0.29) is 12.5 Å². The number of amides is 2. The van der Waals surface area contributed by atoms with Crippen molar-refractivity contribution < 1.29 is 24.2 Å². The van der Waals surface area contributed by atoms with Crippen LogP contribution in [0.4, 0.5) is 4.79 Å². The van der Waals surface area contributed by atoms with Crippen molar-refractivity contribution in [3.8, 4) is 11.1 Å². The highest BCUT2D eigenvalue weighted by molar-refractivity contribution is 5.89. The van der Waals surface area contributed by atoms with E-state index in [1.807, 2.05) is 54.6 Å². The number of ether oxygens (including phenoxy) is 1. The molecule has 1 saturated heterocycles. The number of rotatable bonds is 11. The molecule has 0 saturated carbocycles. The Morgan fingerprint density at radius 1 is 0.927 bits per heavy atom. The minimum Gasteiger partial charge on any atom is -0.481 e. The van der Waals surface area contributed by atoms with Gasteiger partial charge in [0.1, 0.15) is 12.6 Å². The molecule has 3 N–H and O–H groups in total. The van der Waals surface area contributed by atoms with Crippen molar-refractivity contribution >= 4 is 18.0 Å². The summed E-state index contributed by atoms with van der Waals surface area (Å²) in [6.07, 6.45) is -0.557. The van der Waals surface area contributed by atoms with Crippen molar-refractivity contribution in [2.24, 2.45) is 11.8 Å². The third-order valence-corrected chi connectivity index (χ3v) is 8.24. The van der Waals surface area contributed by atoms with Crippen molar-refractivity contribution in [1.29, 1.82) is 0 Å². The molecule has 1 aliphatic carbocycles. The highest BCUT2D eigenvalue weighted by Crippen LogP contribution is 2.44. The molecule has 0 aromatic heterocycles. The van der Waals surface area contributed by atoms with Gasteiger partial charge in [-0.2, -0.15) is 0 Å². The highest BCUT2D eigenvalue weighted by atomic mass is 16.5. The number of hydrogen-bond donors (Lipinski definition) is 3. The fourth-order valence-electron chi connectivity index (χ4n) is 6.16. The first-order valence-electron chi connectivity index (χ1n) is 14.3. The normalized spacial score (nSPS) is 18.8. The smallest absolute Gasteiger partial charge is 0.407 e. The minimum absolute atomic E-state index is 0.0837. The maximum atomic E-state index is 12.9. The molecule has 3 aromatic rings. The zero-order valence-corrected chi connectivity index (χ0v) is 23.3. The zero-order chi connectivity index (χ0) is 28.8. The molecule has 8 heteroatoms. The molecular formula is C33H37N3O5. The average molecular weight is 556 g/mol. The first-order chi connectivity index (χ1) is 19.9. The average Bonchev–Trinajstić information content (AvgIpc) is 3.48. The van der Waals surface area contributed by atoms with Gasteiger partial charge in [0.2, 0.25) is 5.91 Å². The summed E-state index contributed by atoms with van der Waals surface area (Å²) in [5.41, 5.74) is 5.65. The van der Waals surface area contributed by atoms with Gasteiger partial charge in [0.15, 0.2) is 0 Å². The van der Waals surface area contributed by atoms with Gasteiger partial charge >= 0.3 is 12.1 Å². The van der Waals surface area contributed by atoms with Crippen LogP contribution in [0.3, 0.4) is 0 Å². The molecule has 0 radical (unpaired) electrons. The summed E-state index contributed by atoms with van der Waals surface area (Å²) in [7, 11) is 0.